The largest absolute Gasteiger partial charge is 0.481 e. The third-order valence-electron chi connectivity index (χ3n) is 2.68. The fraction of sp³-hybridized carbons (Fsp3) is 0.818. The molecule has 0 aliphatic carbocycles. The van der Waals surface area contributed by atoms with Gasteiger partial charge in [-0.1, -0.05) is 13.3 Å². The number of nitrogens with zero attached hydrogens (tertiary/aromatic N) is 1. The molecule has 1 amide bonds. The summed E-state index contributed by atoms with van der Waals surface area (Å²) in [6.07, 6.45) is 1.95. The Hall–Kier alpha value is -1.10. The summed E-state index contributed by atoms with van der Waals surface area (Å²) in [7, 11) is 1.70. The van der Waals surface area contributed by atoms with Gasteiger partial charge < -0.3 is 15.7 Å². The van der Waals surface area contributed by atoms with E-state index >= 15 is 0 Å². The standard InChI is InChI=1S/C11H22N2O3/c1-3-9(8-12)7-10(14)13(2)6-4-5-11(15)16/h9H,3-8,12H2,1-2H3,(H,15,16). The number of hydrogen-bond acceptors (Lipinski definition) is 3. The van der Waals surface area contributed by atoms with E-state index in [1.54, 1.807) is 11.9 Å². The minimum Gasteiger partial charge on any atom is -0.481 e. The highest BCUT2D eigenvalue weighted by atomic mass is 16.4. The number of rotatable bonds is 8. The summed E-state index contributed by atoms with van der Waals surface area (Å²) in [4.78, 5) is 23.6. The summed E-state index contributed by atoms with van der Waals surface area (Å²) in [6, 6.07) is 0. The van der Waals surface area contributed by atoms with Crippen LogP contribution in [0.25, 0.3) is 0 Å². The lowest BCUT2D eigenvalue weighted by Crippen LogP contribution is -2.31. The second-order valence-corrected chi connectivity index (χ2v) is 4.03. The molecule has 0 aliphatic heterocycles. The van der Waals surface area contributed by atoms with Crippen molar-refractivity contribution in [2.24, 2.45) is 11.7 Å². The zero-order valence-electron chi connectivity index (χ0n) is 10.1. The van der Waals surface area contributed by atoms with Crippen LogP contribution < -0.4 is 5.73 Å². The molecule has 16 heavy (non-hydrogen) atoms. The summed E-state index contributed by atoms with van der Waals surface area (Å²) in [5.41, 5.74) is 5.52. The summed E-state index contributed by atoms with van der Waals surface area (Å²) in [6.45, 7) is 3.02. The number of hydrogen-bond donors (Lipinski definition) is 2. The van der Waals surface area contributed by atoms with E-state index in [0.29, 0.717) is 25.9 Å². The number of carboxylic acids is 1. The second kappa shape index (κ2) is 8.10. The molecule has 0 saturated heterocycles. The Morgan fingerprint density at radius 3 is 2.50 bits per heavy atom. The van der Waals surface area contributed by atoms with E-state index in [4.69, 9.17) is 10.8 Å². The lowest BCUT2D eigenvalue weighted by atomic mass is 10.0. The molecular weight excluding hydrogens is 208 g/mol. The van der Waals surface area contributed by atoms with Gasteiger partial charge in [0.1, 0.15) is 0 Å². The van der Waals surface area contributed by atoms with Gasteiger partial charge in [0.05, 0.1) is 0 Å². The Bertz CT molecular complexity index is 227. The molecule has 1 atom stereocenters. The molecule has 0 saturated carbocycles. The van der Waals surface area contributed by atoms with Gasteiger partial charge in [-0.2, -0.15) is 0 Å². The fourth-order valence-electron chi connectivity index (χ4n) is 1.39. The van der Waals surface area contributed by atoms with Crippen molar-refractivity contribution in [1.29, 1.82) is 0 Å². The quantitative estimate of drug-likeness (QED) is 0.642. The van der Waals surface area contributed by atoms with Crippen LogP contribution in [0.2, 0.25) is 0 Å². The van der Waals surface area contributed by atoms with E-state index in [1.165, 1.54) is 0 Å². The molecule has 0 radical (unpaired) electrons. The number of amides is 1. The van der Waals surface area contributed by atoms with Gasteiger partial charge in [-0.15, -0.1) is 0 Å². The van der Waals surface area contributed by atoms with Gasteiger partial charge >= 0.3 is 5.97 Å². The van der Waals surface area contributed by atoms with Crippen molar-refractivity contribution in [2.75, 3.05) is 20.1 Å². The molecular formula is C11H22N2O3. The molecule has 94 valence electrons. The van der Waals surface area contributed by atoms with Gasteiger partial charge in [0, 0.05) is 26.4 Å². The van der Waals surface area contributed by atoms with Crippen molar-refractivity contribution in [2.45, 2.75) is 32.6 Å². The van der Waals surface area contributed by atoms with Gasteiger partial charge in [0.25, 0.3) is 0 Å². The van der Waals surface area contributed by atoms with Crippen LogP contribution in [-0.2, 0) is 9.59 Å². The third kappa shape index (κ3) is 6.40. The summed E-state index contributed by atoms with van der Waals surface area (Å²) in [5, 5.41) is 8.47. The van der Waals surface area contributed by atoms with Crippen LogP contribution in [0, 0.1) is 5.92 Å². The van der Waals surface area contributed by atoms with Crippen molar-refractivity contribution in [3.8, 4) is 0 Å². The van der Waals surface area contributed by atoms with Crippen LogP contribution >= 0.6 is 0 Å². The predicted octanol–water partition coefficient (Wildman–Crippen LogP) is 0.685. The molecule has 0 heterocycles. The zero-order chi connectivity index (χ0) is 12.6. The van der Waals surface area contributed by atoms with Crippen molar-refractivity contribution in [3.05, 3.63) is 0 Å². The highest BCUT2D eigenvalue weighted by Gasteiger charge is 2.14. The Morgan fingerprint density at radius 2 is 2.06 bits per heavy atom. The normalized spacial score (nSPS) is 12.2. The van der Waals surface area contributed by atoms with Gasteiger partial charge in [-0.05, 0) is 18.9 Å². The molecule has 0 aromatic heterocycles. The number of carbonyl (C=O) groups excluding carboxylic acids is 1. The van der Waals surface area contributed by atoms with E-state index in [9.17, 15) is 9.59 Å². The molecule has 5 nitrogen and oxygen atoms in total. The van der Waals surface area contributed by atoms with Crippen molar-refractivity contribution < 1.29 is 14.7 Å². The van der Waals surface area contributed by atoms with Gasteiger partial charge in [-0.25, -0.2) is 0 Å². The van der Waals surface area contributed by atoms with Crippen LogP contribution in [0.5, 0.6) is 0 Å². The molecule has 1 unspecified atom stereocenters. The second-order valence-electron chi connectivity index (χ2n) is 4.03. The number of aliphatic carboxylic acids is 1. The number of carbonyl (C=O) groups is 2. The minimum atomic E-state index is -0.825. The molecule has 3 N–H and O–H groups in total. The topological polar surface area (TPSA) is 83.6 Å². The van der Waals surface area contributed by atoms with E-state index in [1.807, 2.05) is 6.92 Å². The average Bonchev–Trinajstić information content (AvgIpc) is 2.24. The molecule has 0 aromatic rings. The van der Waals surface area contributed by atoms with Crippen LogP contribution in [0.15, 0.2) is 0 Å². The van der Waals surface area contributed by atoms with Crippen molar-refractivity contribution in [3.63, 3.8) is 0 Å². The van der Waals surface area contributed by atoms with E-state index in [0.717, 1.165) is 6.42 Å². The first kappa shape index (κ1) is 14.9. The van der Waals surface area contributed by atoms with E-state index < -0.39 is 5.97 Å². The van der Waals surface area contributed by atoms with Gasteiger partial charge in [0.15, 0.2) is 0 Å². The Kier molecular flexibility index (Phi) is 7.54. The molecule has 0 spiro atoms. The first-order valence-corrected chi connectivity index (χ1v) is 5.67. The van der Waals surface area contributed by atoms with Crippen LogP contribution in [0.1, 0.15) is 32.6 Å². The van der Waals surface area contributed by atoms with Crippen LogP contribution in [0.4, 0.5) is 0 Å². The SMILES string of the molecule is CCC(CN)CC(=O)N(C)CCCC(=O)O. The molecule has 0 rings (SSSR count). The van der Waals surface area contributed by atoms with Crippen molar-refractivity contribution >= 4 is 11.9 Å². The van der Waals surface area contributed by atoms with Crippen molar-refractivity contribution in [1.82, 2.24) is 4.90 Å². The number of nitrogens with two attached hydrogens (primary N) is 1. The third-order valence-corrected chi connectivity index (χ3v) is 2.68. The zero-order valence-corrected chi connectivity index (χ0v) is 10.1. The predicted molar refractivity (Wildman–Crippen MR) is 62.0 cm³/mol. The first-order chi connectivity index (χ1) is 7.51. The highest BCUT2D eigenvalue weighted by molar-refractivity contribution is 5.76. The monoisotopic (exact) mass is 230 g/mol. The van der Waals surface area contributed by atoms with Crippen LogP contribution in [-0.4, -0.2) is 42.0 Å². The van der Waals surface area contributed by atoms with Gasteiger partial charge in [-0.3, -0.25) is 9.59 Å². The lowest BCUT2D eigenvalue weighted by Gasteiger charge is -2.19. The summed E-state index contributed by atoms with van der Waals surface area (Å²) < 4.78 is 0. The first-order valence-electron chi connectivity index (χ1n) is 5.67. The summed E-state index contributed by atoms with van der Waals surface area (Å²) >= 11 is 0. The summed E-state index contributed by atoms with van der Waals surface area (Å²) in [5.74, 6) is -0.550. The maximum atomic E-state index is 11.7. The molecule has 0 aromatic carbocycles. The Morgan fingerprint density at radius 1 is 1.44 bits per heavy atom. The molecule has 0 bridgehead atoms. The van der Waals surface area contributed by atoms with E-state index in [2.05, 4.69) is 0 Å². The minimum absolute atomic E-state index is 0.0442. The Labute approximate surface area is 96.6 Å². The maximum Gasteiger partial charge on any atom is 0.303 e. The van der Waals surface area contributed by atoms with E-state index in [-0.39, 0.29) is 18.2 Å². The molecule has 5 heteroatoms. The maximum absolute atomic E-state index is 11.7. The molecule has 0 aliphatic rings. The fourth-order valence-corrected chi connectivity index (χ4v) is 1.39. The Balaban J connectivity index is 3.84. The highest BCUT2D eigenvalue weighted by Crippen LogP contribution is 2.08. The average molecular weight is 230 g/mol. The van der Waals surface area contributed by atoms with Gasteiger partial charge in [0.2, 0.25) is 5.91 Å². The number of carboxylic acid groups (broad SMARTS) is 1. The van der Waals surface area contributed by atoms with Crippen LogP contribution in [0.3, 0.4) is 0 Å². The lowest BCUT2D eigenvalue weighted by molar-refractivity contribution is -0.138. The molecule has 0 fully saturated rings. The smallest absolute Gasteiger partial charge is 0.303 e.